The molecule has 1 N–H and O–H groups in total. The number of ether oxygens (including phenoxy) is 2. The van der Waals surface area contributed by atoms with Gasteiger partial charge < -0.3 is 24.6 Å². The summed E-state index contributed by atoms with van der Waals surface area (Å²) in [6.45, 7) is 2.44. The zero-order valence-corrected chi connectivity index (χ0v) is 21.7. The van der Waals surface area contributed by atoms with Crippen LogP contribution in [0.5, 0.6) is 0 Å². The third-order valence-corrected chi connectivity index (χ3v) is 9.82. The highest BCUT2D eigenvalue weighted by molar-refractivity contribution is 6.33. The molecule has 37 heavy (non-hydrogen) atoms. The van der Waals surface area contributed by atoms with E-state index in [0.29, 0.717) is 37.5 Å². The predicted octanol–water partition coefficient (Wildman–Crippen LogP) is 3.89. The van der Waals surface area contributed by atoms with Gasteiger partial charge in [0.05, 0.1) is 40.8 Å². The van der Waals surface area contributed by atoms with E-state index in [0.717, 1.165) is 63.8 Å². The smallest absolute Gasteiger partial charge is 0.379 e. The largest absolute Gasteiger partial charge is 0.417 e. The summed E-state index contributed by atoms with van der Waals surface area (Å²) in [4.78, 5) is 22.2. The van der Waals surface area contributed by atoms with Crippen molar-refractivity contribution in [2.75, 3.05) is 38.3 Å². The summed E-state index contributed by atoms with van der Waals surface area (Å²) < 4.78 is 50.3. The van der Waals surface area contributed by atoms with E-state index >= 15 is 0 Å². The number of halogens is 4. The van der Waals surface area contributed by atoms with Gasteiger partial charge in [0.25, 0.3) is 0 Å². The van der Waals surface area contributed by atoms with Crippen molar-refractivity contribution in [3.05, 3.63) is 22.8 Å². The monoisotopic (exact) mass is 542 g/mol. The molecular weight excluding hydrogens is 509 g/mol. The number of aromatic nitrogens is 1. The molecule has 3 aliphatic heterocycles. The van der Waals surface area contributed by atoms with Crippen LogP contribution >= 0.6 is 11.6 Å². The van der Waals surface area contributed by atoms with Crippen molar-refractivity contribution in [1.82, 2.24) is 15.2 Å². The van der Waals surface area contributed by atoms with Crippen molar-refractivity contribution in [1.29, 1.82) is 0 Å². The highest BCUT2D eigenvalue weighted by atomic mass is 35.5. The molecule has 1 amide bonds. The number of alkyl halides is 3. The summed E-state index contributed by atoms with van der Waals surface area (Å²) in [7, 11) is 1.72. The third-order valence-electron chi connectivity index (χ3n) is 9.54. The number of hydrogen-bond donors (Lipinski definition) is 1. The summed E-state index contributed by atoms with van der Waals surface area (Å²) in [5.74, 6) is 1.04. The number of nitrogens with one attached hydrogen (secondary N) is 1. The van der Waals surface area contributed by atoms with Gasteiger partial charge in [0.15, 0.2) is 0 Å². The maximum absolute atomic E-state index is 14.1. The fourth-order valence-electron chi connectivity index (χ4n) is 7.81. The van der Waals surface area contributed by atoms with E-state index in [1.165, 1.54) is 0 Å². The van der Waals surface area contributed by atoms with Crippen LogP contribution in [0.2, 0.25) is 5.02 Å². The number of carbonyl (C=O) groups excluding carboxylic acids is 1. The van der Waals surface area contributed by atoms with Crippen LogP contribution in [0, 0.1) is 11.3 Å². The highest BCUT2D eigenvalue weighted by Gasteiger charge is 2.59. The lowest BCUT2D eigenvalue weighted by molar-refractivity contribution is -0.144. The topological polar surface area (TPSA) is 66.9 Å². The summed E-state index contributed by atoms with van der Waals surface area (Å²) >= 11 is 6.24. The highest BCUT2D eigenvalue weighted by Crippen LogP contribution is 2.56. The van der Waals surface area contributed by atoms with Crippen LogP contribution < -0.4 is 10.2 Å². The molecule has 1 aromatic heterocycles. The lowest BCUT2D eigenvalue weighted by Gasteiger charge is -2.40. The van der Waals surface area contributed by atoms with Gasteiger partial charge in [-0.1, -0.05) is 18.0 Å². The number of fused-ring (bicyclic) bond motifs is 3. The van der Waals surface area contributed by atoms with E-state index in [1.807, 2.05) is 4.90 Å². The van der Waals surface area contributed by atoms with Crippen molar-refractivity contribution in [2.24, 2.45) is 11.3 Å². The fraction of sp³-hybridized carbons (Fsp3) is 0.769. The predicted molar refractivity (Wildman–Crippen MR) is 131 cm³/mol. The molecule has 2 aliphatic carbocycles. The molecule has 6 rings (SSSR count). The van der Waals surface area contributed by atoms with Crippen LogP contribution in [-0.4, -0.2) is 79.5 Å². The molecule has 5 fully saturated rings. The number of rotatable bonds is 5. The first-order valence-electron chi connectivity index (χ1n) is 13.4. The van der Waals surface area contributed by atoms with Gasteiger partial charge in [0, 0.05) is 45.1 Å². The molecule has 1 aromatic rings. The molecule has 4 heterocycles. The summed E-state index contributed by atoms with van der Waals surface area (Å²) in [6, 6.07) is 1.54. The second-order valence-corrected chi connectivity index (χ2v) is 11.9. The first kappa shape index (κ1) is 25.6. The molecular formula is C26H34ClF3N4O3. The molecule has 0 radical (unpaired) electrons. The maximum atomic E-state index is 14.1. The molecule has 11 heteroatoms. The van der Waals surface area contributed by atoms with Crippen molar-refractivity contribution < 1.29 is 27.4 Å². The number of piperazine rings is 1. The van der Waals surface area contributed by atoms with Crippen LogP contribution in [0.15, 0.2) is 12.3 Å². The Kier molecular flexibility index (Phi) is 6.61. The lowest BCUT2D eigenvalue weighted by atomic mass is 9.78. The quantitative estimate of drug-likeness (QED) is 0.609. The number of anilines is 1. The molecule has 2 saturated carbocycles. The van der Waals surface area contributed by atoms with Crippen LogP contribution in [-0.2, 0) is 20.4 Å². The van der Waals surface area contributed by atoms with Crippen molar-refractivity contribution in [3.8, 4) is 0 Å². The minimum atomic E-state index is -4.48. The second kappa shape index (κ2) is 9.54. The number of methoxy groups -OCH3 is 1. The van der Waals surface area contributed by atoms with Crippen LogP contribution in [0.1, 0.15) is 50.5 Å². The first-order valence-corrected chi connectivity index (χ1v) is 13.7. The van der Waals surface area contributed by atoms with Gasteiger partial charge in [-0.2, -0.15) is 13.2 Å². The summed E-state index contributed by atoms with van der Waals surface area (Å²) in [6.07, 6.45) is 3.07. The Morgan fingerprint density at radius 3 is 2.81 bits per heavy atom. The Morgan fingerprint density at radius 1 is 1.27 bits per heavy atom. The van der Waals surface area contributed by atoms with Crippen LogP contribution in [0.3, 0.4) is 0 Å². The number of hydrogen-bond acceptors (Lipinski definition) is 6. The molecule has 0 aromatic carbocycles. The lowest BCUT2D eigenvalue weighted by Crippen LogP contribution is -2.54. The standard InChI is InChI=1S/C26H34ClF3N4O3/c1-36-22-14-37-6-4-21(22)32-17-7-15-3-2-5-25(15,10-17)24(35)34-13-18-9-19(34)12-33(18)23-20(27)8-16(11-31-23)26(28,29)30/h8,11,15,17-19,21-22,32H,2-7,9-10,12-14H2,1H3/t15-,17-,18+,19+,21+,22-,25-/m1/s1. The van der Waals surface area contributed by atoms with E-state index in [9.17, 15) is 18.0 Å². The van der Waals surface area contributed by atoms with E-state index in [2.05, 4.69) is 15.2 Å². The summed E-state index contributed by atoms with van der Waals surface area (Å²) in [5, 5.41) is 3.82. The van der Waals surface area contributed by atoms with Gasteiger partial charge in [-0.15, -0.1) is 0 Å². The van der Waals surface area contributed by atoms with E-state index in [1.54, 1.807) is 7.11 Å². The molecule has 0 unspecified atom stereocenters. The van der Waals surface area contributed by atoms with Crippen molar-refractivity contribution in [2.45, 2.75) is 81.4 Å². The SMILES string of the molecule is CO[C@@H]1COCC[C@@H]1N[C@@H]1C[C@H]2CCC[C@@]2(C(=O)N2C[C@@H]3C[C@H]2CN3c2ncc(C(F)(F)F)cc2Cl)C1. The molecule has 7 nitrogen and oxygen atoms in total. The van der Waals surface area contributed by atoms with Gasteiger partial charge >= 0.3 is 6.18 Å². The Hall–Kier alpha value is -1.62. The Morgan fingerprint density at radius 2 is 2.11 bits per heavy atom. The average molecular weight is 543 g/mol. The van der Waals surface area contributed by atoms with E-state index in [4.69, 9.17) is 21.1 Å². The maximum Gasteiger partial charge on any atom is 0.417 e. The number of amides is 1. The van der Waals surface area contributed by atoms with Gasteiger partial charge in [-0.25, -0.2) is 4.98 Å². The molecule has 5 aliphatic rings. The van der Waals surface area contributed by atoms with Gasteiger partial charge in [0.2, 0.25) is 5.91 Å². The number of likely N-dealkylation sites (tertiary alicyclic amines) is 1. The zero-order chi connectivity index (χ0) is 25.9. The molecule has 2 bridgehead atoms. The Balaban J connectivity index is 1.13. The van der Waals surface area contributed by atoms with E-state index in [-0.39, 0.29) is 40.6 Å². The number of pyridine rings is 1. The fourth-order valence-corrected chi connectivity index (χ4v) is 8.09. The first-order chi connectivity index (χ1) is 17.7. The van der Waals surface area contributed by atoms with Crippen LogP contribution in [0.4, 0.5) is 19.0 Å². The van der Waals surface area contributed by atoms with Gasteiger partial charge in [-0.3, -0.25) is 4.79 Å². The molecule has 3 saturated heterocycles. The molecule has 204 valence electrons. The minimum absolute atomic E-state index is 0.00175. The molecule has 7 atom stereocenters. The van der Waals surface area contributed by atoms with Crippen molar-refractivity contribution >= 4 is 23.3 Å². The third kappa shape index (κ3) is 4.41. The van der Waals surface area contributed by atoms with Crippen LogP contribution in [0.25, 0.3) is 0 Å². The number of nitrogens with zero attached hydrogens (tertiary/aromatic N) is 3. The Bertz CT molecular complexity index is 1040. The normalized spacial score (nSPS) is 37.4. The van der Waals surface area contributed by atoms with Crippen molar-refractivity contribution in [3.63, 3.8) is 0 Å². The summed E-state index contributed by atoms with van der Waals surface area (Å²) in [5.41, 5.74) is -1.17. The zero-order valence-electron chi connectivity index (χ0n) is 21.0. The van der Waals surface area contributed by atoms with E-state index < -0.39 is 11.7 Å². The number of carbonyl (C=O) groups is 1. The Labute approximate surface area is 220 Å². The van der Waals surface area contributed by atoms with Gasteiger partial charge in [-0.05, 0) is 50.5 Å². The molecule has 0 spiro atoms. The van der Waals surface area contributed by atoms with Gasteiger partial charge in [0.1, 0.15) is 5.82 Å². The second-order valence-electron chi connectivity index (χ2n) is 11.5. The minimum Gasteiger partial charge on any atom is -0.379 e. The average Bonchev–Trinajstić information content (AvgIpc) is 3.63.